The Bertz CT molecular complexity index is 557. The maximum absolute atomic E-state index is 13.9. The van der Waals surface area contributed by atoms with Crippen molar-refractivity contribution >= 4 is 15.9 Å². The lowest BCUT2D eigenvalue weighted by molar-refractivity contribution is 0.204. The minimum Gasteiger partial charge on any atom is -0.481 e. The van der Waals surface area contributed by atoms with Gasteiger partial charge in [-0.1, -0.05) is 40.2 Å². The number of benzene rings is 2. The molecule has 0 aliphatic heterocycles. The van der Waals surface area contributed by atoms with E-state index < -0.39 is 0 Å². The van der Waals surface area contributed by atoms with Gasteiger partial charge in [0.1, 0.15) is 6.10 Å². The maximum Gasteiger partial charge on any atom is 0.167 e. The number of ether oxygens (including phenoxy) is 1. The van der Waals surface area contributed by atoms with Crippen molar-refractivity contribution in [3.05, 3.63) is 63.9 Å². The van der Waals surface area contributed by atoms with Gasteiger partial charge in [-0.3, -0.25) is 0 Å². The van der Waals surface area contributed by atoms with Crippen LogP contribution in [-0.2, 0) is 0 Å². The molecule has 0 heterocycles. The van der Waals surface area contributed by atoms with Crippen molar-refractivity contribution < 1.29 is 9.13 Å². The van der Waals surface area contributed by atoms with Crippen LogP contribution in [0.1, 0.15) is 17.2 Å². The zero-order valence-corrected chi connectivity index (χ0v) is 12.2. The van der Waals surface area contributed by atoms with Crippen molar-refractivity contribution in [1.29, 1.82) is 0 Å². The van der Waals surface area contributed by atoms with Gasteiger partial charge in [0, 0.05) is 11.0 Å². The first kappa shape index (κ1) is 14.0. The van der Waals surface area contributed by atoms with Gasteiger partial charge in [0.15, 0.2) is 11.6 Å². The molecule has 0 aliphatic carbocycles. The summed E-state index contributed by atoms with van der Waals surface area (Å²) in [5, 5.41) is 0. The highest BCUT2D eigenvalue weighted by molar-refractivity contribution is 9.10. The molecule has 0 saturated heterocycles. The van der Waals surface area contributed by atoms with E-state index in [0.717, 1.165) is 10.0 Å². The summed E-state index contributed by atoms with van der Waals surface area (Å²) in [6.45, 7) is 1.99. The van der Waals surface area contributed by atoms with Crippen LogP contribution in [0.15, 0.2) is 46.9 Å². The van der Waals surface area contributed by atoms with Crippen LogP contribution in [0.5, 0.6) is 5.75 Å². The molecule has 2 nitrogen and oxygen atoms in total. The second kappa shape index (κ2) is 6.17. The van der Waals surface area contributed by atoms with Crippen molar-refractivity contribution in [3.63, 3.8) is 0 Å². The predicted molar refractivity (Wildman–Crippen MR) is 77.7 cm³/mol. The molecule has 0 bridgehead atoms. The van der Waals surface area contributed by atoms with Crippen LogP contribution in [-0.4, -0.2) is 6.54 Å². The fraction of sp³-hybridized carbons (Fsp3) is 0.200. The first-order valence-electron chi connectivity index (χ1n) is 5.99. The summed E-state index contributed by atoms with van der Waals surface area (Å²) in [6, 6.07) is 12.7. The molecular formula is C15H15BrFNO. The van der Waals surface area contributed by atoms with Crippen LogP contribution >= 0.6 is 15.9 Å². The van der Waals surface area contributed by atoms with Gasteiger partial charge in [0.25, 0.3) is 0 Å². The minimum atomic E-state index is -0.357. The molecule has 4 heteroatoms. The molecule has 2 N–H and O–H groups in total. The summed E-state index contributed by atoms with van der Waals surface area (Å²) >= 11 is 3.37. The Morgan fingerprint density at radius 2 is 1.89 bits per heavy atom. The van der Waals surface area contributed by atoms with Gasteiger partial charge >= 0.3 is 0 Å². The lowest BCUT2D eigenvalue weighted by atomic mass is 10.1. The van der Waals surface area contributed by atoms with Gasteiger partial charge in [-0.15, -0.1) is 0 Å². The van der Waals surface area contributed by atoms with Gasteiger partial charge in [0.05, 0.1) is 0 Å². The Morgan fingerprint density at radius 1 is 1.21 bits per heavy atom. The zero-order chi connectivity index (χ0) is 13.8. The van der Waals surface area contributed by atoms with E-state index in [1.165, 1.54) is 0 Å². The van der Waals surface area contributed by atoms with Gasteiger partial charge in [-0.2, -0.15) is 0 Å². The smallest absolute Gasteiger partial charge is 0.167 e. The van der Waals surface area contributed by atoms with Gasteiger partial charge in [0.2, 0.25) is 0 Å². The zero-order valence-electron chi connectivity index (χ0n) is 10.6. The minimum absolute atomic E-state index is 0.235. The fourth-order valence-corrected chi connectivity index (χ4v) is 2.06. The molecule has 0 aromatic heterocycles. The number of aryl methyl sites for hydroxylation is 1. The third-order valence-electron chi connectivity index (χ3n) is 2.88. The average Bonchev–Trinajstić information content (AvgIpc) is 2.42. The summed E-state index contributed by atoms with van der Waals surface area (Å²) < 4.78 is 20.6. The highest BCUT2D eigenvalue weighted by Gasteiger charge is 2.14. The first-order valence-corrected chi connectivity index (χ1v) is 6.78. The van der Waals surface area contributed by atoms with Crippen LogP contribution in [0.25, 0.3) is 0 Å². The Labute approximate surface area is 120 Å². The molecule has 2 aromatic rings. The monoisotopic (exact) mass is 323 g/mol. The highest BCUT2D eigenvalue weighted by Crippen LogP contribution is 2.26. The number of nitrogens with two attached hydrogens (primary N) is 1. The SMILES string of the molecule is Cc1cccc(OC(CN)c2ccc(Br)cc2)c1F. The second-order valence-corrected chi connectivity index (χ2v) is 5.20. The van der Waals surface area contributed by atoms with E-state index in [9.17, 15) is 4.39 Å². The molecule has 0 aliphatic rings. The second-order valence-electron chi connectivity index (χ2n) is 4.28. The maximum atomic E-state index is 13.9. The van der Waals surface area contributed by atoms with Gasteiger partial charge in [-0.25, -0.2) is 4.39 Å². The molecule has 2 aromatic carbocycles. The molecule has 19 heavy (non-hydrogen) atoms. The van der Waals surface area contributed by atoms with E-state index in [1.807, 2.05) is 24.3 Å². The lowest BCUT2D eigenvalue weighted by Crippen LogP contribution is -2.19. The van der Waals surface area contributed by atoms with E-state index >= 15 is 0 Å². The molecule has 0 radical (unpaired) electrons. The van der Waals surface area contributed by atoms with Gasteiger partial charge < -0.3 is 10.5 Å². The summed E-state index contributed by atoms with van der Waals surface area (Å²) in [7, 11) is 0. The Morgan fingerprint density at radius 3 is 2.53 bits per heavy atom. The number of rotatable bonds is 4. The fourth-order valence-electron chi connectivity index (χ4n) is 1.79. The molecule has 1 atom stereocenters. The largest absolute Gasteiger partial charge is 0.481 e. The first-order chi connectivity index (χ1) is 9.11. The topological polar surface area (TPSA) is 35.2 Å². The summed E-state index contributed by atoms with van der Waals surface area (Å²) in [5.41, 5.74) is 7.20. The lowest BCUT2D eigenvalue weighted by Gasteiger charge is -2.18. The molecule has 0 amide bonds. The quantitative estimate of drug-likeness (QED) is 0.923. The molecule has 0 fully saturated rings. The van der Waals surface area contributed by atoms with Crippen molar-refractivity contribution in [2.75, 3.05) is 6.54 Å². The predicted octanol–water partition coefficient (Wildman–Crippen LogP) is 3.98. The third-order valence-corrected chi connectivity index (χ3v) is 3.41. The summed E-state index contributed by atoms with van der Waals surface area (Å²) in [5.74, 6) is -0.101. The van der Waals surface area contributed by atoms with Crippen LogP contribution in [0.4, 0.5) is 4.39 Å². The van der Waals surface area contributed by atoms with Gasteiger partial charge in [-0.05, 0) is 36.2 Å². The Balaban J connectivity index is 2.24. The van der Waals surface area contributed by atoms with E-state index in [0.29, 0.717) is 5.56 Å². The molecule has 1 unspecified atom stereocenters. The Hall–Kier alpha value is -1.39. The summed E-state index contributed by atoms with van der Waals surface area (Å²) in [4.78, 5) is 0. The van der Waals surface area contributed by atoms with E-state index in [1.54, 1.807) is 25.1 Å². The van der Waals surface area contributed by atoms with E-state index in [2.05, 4.69) is 15.9 Å². The van der Waals surface area contributed by atoms with Crippen LogP contribution in [0, 0.1) is 12.7 Å². The molecule has 0 spiro atoms. The Kier molecular flexibility index (Phi) is 4.56. The van der Waals surface area contributed by atoms with E-state index in [4.69, 9.17) is 10.5 Å². The average molecular weight is 324 g/mol. The normalized spacial score (nSPS) is 12.2. The highest BCUT2D eigenvalue weighted by atomic mass is 79.9. The molecule has 2 rings (SSSR count). The molecule has 100 valence electrons. The number of hydrogen-bond acceptors (Lipinski definition) is 2. The van der Waals surface area contributed by atoms with Crippen molar-refractivity contribution in [2.45, 2.75) is 13.0 Å². The van der Waals surface area contributed by atoms with Crippen molar-refractivity contribution in [2.24, 2.45) is 5.73 Å². The third kappa shape index (κ3) is 3.33. The van der Waals surface area contributed by atoms with Crippen LogP contribution in [0.2, 0.25) is 0 Å². The molecule has 0 saturated carbocycles. The van der Waals surface area contributed by atoms with Crippen LogP contribution in [0.3, 0.4) is 0 Å². The van der Waals surface area contributed by atoms with E-state index in [-0.39, 0.29) is 24.2 Å². The van der Waals surface area contributed by atoms with Crippen molar-refractivity contribution in [3.8, 4) is 5.75 Å². The van der Waals surface area contributed by atoms with Crippen molar-refractivity contribution in [1.82, 2.24) is 0 Å². The summed E-state index contributed by atoms with van der Waals surface area (Å²) in [6.07, 6.45) is -0.357. The number of hydrogen-bond donors (Lipinski definition) is 1. The molecular weight excluding hydrogens is 309 g/mol. The standard InChI is InChI=1S/C15H15BrFNO/c1-10-3-2-4-13(15(10)17)19-14(9-18)11-5-7-12(16)8-6-11/h2-8,14H,9,18H2,1H3. The number of halogens is 2. The van der Waals surface area contributed by atoms with Crippen LogP contribution < -0.4 is 10.5 Å².